The summed E-state index contributed by atoms with van der Waals surface area (Å²) in [4.78, 5) is 19.4. The number of hydrogen-bond acceptors (Lipinski definition) is 3. The Kier molecular flexibility index (Phi) is 3.03. The van der Waals surface area contributed by atoms with Gasteiger partial charge in [-0.2, -0.15) is 0 Å². The number of amides is 1. The number of rotatable bonds is 3. The zero-order chi connectivity index (χ0) is 17.1. The van der Waals surface area contributed by atoms with E-state index in [9.17, 15) is 4.79 Å². The smallest absolute Gasteiger partial charge is 0.221 e. The zero-order valence-electron chi connectivity index (χ0n) is 13.7. The Labute approximate surface area is 148 Å². The summed E-state index contributed by atoms with van der Waals surface area (Å²) in [5.74, 6) is -0.0243. The fourth-order valence-electron chi connectivity index (χ4n) is 3.67. The molecule has 0 aliphatic heterocycles. The van der Waals surface area contributed by atoms with E-state index < -0.39 is 0 Å². The van der Waals surface area contributed by atoms with Gasteiger partial charge >= 0.3 is 0 Å². The summed E-state index contributed by atoms with van der Waals surface area (Å²) in [6.45, 7) is 2.14. The second-order valence-electron chi connectivity index (χ2n) is 6.78. The van der Waals surface area contributed by atoms with Gasteiger partial charge in [-0.3, -0.25) is 4.79 Å². The van der Waals surface area contributed by atoms with Crippen LogP contribution in [0, 0.1) is 12.8 Å². The summed E-state index contributed by atoms with van der Waals surface area (Å²) in [6, 6.07) is 12.8. The van der Waals surface area contributed by atoms with E-state index in [1.165, 1.54) is 22.1 Å². The summed E-state index contributed by atoms with van der Waals surface area (Å²) >= 11 is 1.68. The third-order valence-electron chi connectivity index (χ3n) is 5.11. The van der Waals surface area contributed by atoms with Crippen LogP contribution in [0.5, 0.6) is 0 Å². The van der Waals surface area contributed by atoms with Crippen LogP contribution >= 0.6 is 11.3 Å². The normalized spacial score (nSPS) is 19.6. The second-order valence-corrected chi connectivity index (χ2v) is 7.84. The van der Waals surface area contributed by atoms with Crippen molar-refractivity contribution in [2.24, 2.45) is 11.7 Å². The minimum Gasteiger partial charge on any atom is -0.369 e. The maximum Gasteiger partial charge on any atom is 0.221 e. The number of aromatic nitrogens is 2. The van der Waals surface area contributed by atoms with Gasteiger partial charge in [0.15, 0.2) is 0 Å². The molecule has 2 aromatic heterocycles. The van der Waals surface area contributed by atoms with Gasteiger partial charge in [0.1, 0.15) is 0 Å². The van der Waals surface area contributed by atoms with Crippen molar-refractivity contribution in [1.29, 1.82) is 0 Å². The van der Waals surface area contributed by atoms with Crippen molar-refractivity contribution in [2.45, 2.75) is 19.3 Å². The first-order valence-electron chi connectivity index (χ1n) is 8.38. The SMILES string of the molecule is Cc1ccc2[nH]ccc2c1-c1ccc2sc(C3CC3C(N)=O)nc2c1. The predicted molar refractivity (Wildman–Crippen MR) is 102 cm³/mol. The molecule has 5 heteroatoms. The fraction of sp³-hybridized carbons (Fsp3) is 0.200. The van der Waals surface area contributed by atoms with Crippen LogP contribution in [-0.2, 0) is 4.79 Å². The molecule has 2 atom stereocenters. The number of benzene rings is 2. The van der Waals surface area contributed by atoms with Crippen molar-refractivity contribution >= 4 is 38.4 Å². The van der Waals surface area contributed by atoms with E-state index in [0.29, 0.717) is 0 Å². The molecule has 1 amide bonds. The van der Waals surface area contributed by atoms with Crippen LogP contribution in [0.25, 0.3) is 32.2 Å². The van der Waals surface area contributed by atoms with Gasteiger partial charge in [0, 0.05) is 28.9 Å². The highest BCUT2D eigenvalue weighted by atomic mass is 32.1. The third-order valence-corrected chi connectivity index (χ3v) is 6.28. The number of thiazole rings is 1. The molecule has 0 radical (unpaired) electrons. The van der Waals surface area contributed by atoms with Crippen LogP contribution in [0.2, 0.25) is 0 Å². The maximum atomic E-state index is 11.3. The van der Waals surface area contributed by atoms with E-state index in [0.717, 1.165) is 27.2 Å². The Morgan fingerprint density at radius 1 is 1.28 bits per heavy atom. The van der Waals surface area contributed by atoms with Crippen LogP contribution in [0.3, 0.4) is 0 Å². The van der Waals surface area contributed by atoms with E-state index in [2.05, 4.69) is 48.3 Å². The Balaban J connectivity index is 1.62. The largest absolute Gasteiger partial charge is 0.369 e. The van der Waals surface area contributed by atoms with Gasteiger partial charge in [0.05, 0.1) is 15.2 Å². The highest BCUT2D eigenvalue weighted by molar-refractivity contribution is 7.18. The number of H-pyrrole nitrogens is 1. The van der Waals surface area contributed by atoms with E-state index in [-0.39, 0.29) is 17.7 Å². The molecular weight excluding hydrogens is 330 g/mol. The number of nitrogens with zero attached hydrogens (tertiary/aromatic N) is 1. The lowest BCUT2D eigenvalue weighted by Gasteiger charge is -2.08. The minimum atomic E-state index is -0.209. The lowest BCUT2D eigenvalue weighted by Crippen LogP contribution is -2.13. The number of primary amides is 1. The fourth-order valence-corrected chi connectivity index (χ4v) is 4.79. The number of fused-ring (bicyclic) bond motifs is 2. The van der Waals surface area contributed by atoms with Crippen LogP contribution in [0.1, 0.15) is 22.9 Å². The molecule has 1 aliphatic rings. The molecule has 1 aliphatic carbocycles. The third kappa shape index (κ3) is 2.27. The number of hydrogen-bond donors (Lipinski definition) is 2. The standard InChI is InChI=1S/C20H17N3OS/c1-10-2-4-15-12(6-7-22-15)18(10)11-3-5-17-16(8-11)23-20(25-17)14-9-13(14)19(21)24/h2-8,13-14,22H,9H2,1H3,(H2,21,24). The lowest BCUT2D eigenvalue weighted by molar-refractivity contribution is -0.119. The Morgan fingerprint density at radius 2 is 2.16 bits per heavy atom. The van der Waals surface area contributed by atoms with Crippen LogP contribution < -0.4 is 5.73 Å². The van der Waals surface area contributed by atoms with Gasteiger partial charge in [-0.05, 0) is 54.3 Å². The molecule has 4 aromatic rings. The molecule has 4 nitrogen and oxygen atoms in total. The number of carbonyl (C=O) groups excluding carboxylic acids is 1. The van der Waals surface area contributed by atoms with Gasteiger partial charge in [-0.1, -0.05) is 12.1 Å². The van der Waals surface area contributed by atoms with Crippen molar-refractivity contribution in [1.82, 2.24) is 9.97 Å². The first-order valence-corrected chi connectivity index (χ1v) is 9.20. The van der Waals surface area contributed by atoms with Crippen molar-refractivity contribution in [2.75, 3.05) is 0 Å². The van der Waals surface area contributed by atoms with E-state index in [1.807, 2.05) is 6.20 Å². The molecule has 0 bridgehead atoms. The molecule has 124 valence electrons. The van der Waals surface area contributed by atoms with Gasteiger partial charge in [-0.25, -0.2) is 4.98 Å². The van der Waals surface area contributed by atoms with E-state index in [4.69, 9.17) is 10.7 Å². The highest BCUT2D eigenvalue weighted by Crippen LogP contribution is 2.49. The number of aryl methyl sites for hydroxylation is 1. The highest BCUT2D eigenvalue weighted by Gasteiger charge is 2.44. The molecule has 2 aromatic carbocycles. The lowest BCUT2D eigenvalue weighted by atomic mass is 9.97. The summed E-state index contributed by atoms with van der Waals surface area (Å²) < 4.78 is 1.16. The maximum absolute atomic E-state index is 11.3. The summed E-state index contributed by atoms with van der Waals surface area (Å²) in [5.41, 5.74) is 11.2. The topological polar surface area (TPSA) is 71.8 Å². The average Bonchev–Trinajstić information content (AvgIpc) is 3.07. The van der Waals surface area contributed by atoms with Crippen molar-refractivity contribution in [3.8, 4) is 11.1 Å². The van der Waals surface area contributed by atoms with Crippen molar-refractivity contribution in [3.05, 3.63) is 53.2 Å². The number of aromatic amines is 1. The van der Waals surface area contributed by atoms with Gasteiger partial charge in [0.2, 0.25) is 5.91 Å². The summed E-state index contributed by atoms with van der Waals surface area (Å²) in [5, 5.41) is 2.26. The van der Waals surface area contributed by atoms with E-state index >= 15 is 0 Å². The molecule has 2 heterocycles. The zero-order valence-corrected chi connectivity index (χ0v) is 14.6. The summed E-state index contributed by atoms with van der Waals surface area (Å²) in [7, 11) is 0. The van der Waals surface area contributed by atoms with Crippen molar-refractivity contribution in [3.63, 3.8) is 0 Å². The Bertz CT molecular complexity index is 1140. The van der Waals surface area contributed by atoms with Gasteiger partial charge in [0.25, 0.3) is 0 Å². The van der Waals surface area contributed by atoms with Crippen LogP contribution in [0.4, 0.5) is 0 Å². The summed E-state index contributed by atoms with van der Waals surface area (Å²) in [6.07, 6.45) is 2.81. The molecule has 0 spiro atoms. The number of nitrogens with one attached hydrogen (secondary N) is 1. The molecule has 25 heavy (non-hydrogen) atoms. The second kappa shape index (κ2) is 5.17. The molecule has 3 N–H and O–H groups in total. The molecular formula is C20H17N3OS. The molecule has 5 rings (SSSR count). The Morgan fingerprint density at radius 3 is 2.96 bits per heavy atom. The Hall–Kier alpha value is -2.66. The monoisotopic (exact) mass is 347 g/mol. The van der Waals surface area contributed by atoms with Crippen LogP contribution in [-0.4, -0.2) is 15.9 Å². The number of carbonyl (C=O) groups is 1. The molecule has 0 saturated heterocycles. The number of nitrogens with two attached hydrogens (primary N) is 1. The van der Waals surface area contributed by atoms with E-state index in [1.54, 1.807) is 11.3 Å². The predicted octanol–water partition coefficient (Wildman–Crippen LogP) is 4.34. The first-order chi connectivity index (χ1) is 12.1. The first kappa shape index (κ1) is 14.7. The quantitative estimate of drug-likeness (QED) is 0.578. The van der Waals surface area contributed by atoms with Gasteiger partial charge in [-0.15, -0.1) is 11.3 Å². The van der Waals surface area contributed by atoms with Gasteiger partial charge < -0.3 is 10.7 Å². The van der Waals surface area contributed by atoms with Crippen molar-refractivity contribution < 1.29 is 4.79 Å². The van der Waals surface area contributed by atoms with Crippen LogP contribution in [0.15, 0.2) is 42.6 Å². The molecule has 1 saturated carbocycles. The minimum absolute atomic E-state index is 0.0316. The average molecular weight is 347 g/mol. The molecule has 1 fully saturated rings. The molecule has 2 unspecified atom stereocenters.